The van der Waals surface area contributed by atoms with Gasteiger partial charge in [-0.1, -0.05) is 11.6 Å². The molecule has 76 valence electrons. The molecule has 1 aromatic heterocycles. The normalized spacial score (nSPS) is 21.6. The van der Waals surface area contributed by atoms with Crippen LogP contribution in [0.15, 0.2) is 18.5 Å². The maximum atomic E-state index is 6.06. The van der Waals surface area contributed by atoms with Gasteiger partial charge in [-0.15, -0.1) is 0 Å². The van der Waals surface area contributed by atoms with E-state index in [9.17, 15) is 0 Å². The lowest BCUT2D eigenvalue weighted by molar-refractivity contribution is 0.602. The zero-order valence-electron chi connectivity index (χ0n) is 7.99. The van der Waals surface area contributed by atoms with Crippen molar-refractivity contribution in [1.29, 1.82) is 0 Å². The summed E-state index contributed by atoms with van der Waals surface area (Å²) in [7, 11) is 0. The van der Waals surface area contributed by atoms with E-state index >= 15 is 0 Å². The lowest BCUT2D eigenvalue weighted by atomic mass is 10.1. The highest BCUT2D eigenvalue weighted by molar-refractivity contribution is 6.33. The number of hydrogen-bond donors (Lipinski definition) is 1. The topological polar surface area (TPSA) is 42.1 Å². The molecule has 2 rings (SSSR count). The number of rotatable bonds is 2. The largest absolute Gasteiger partial charge is 0.370 e. The molecule has 14 heavy (non-hydrogen) atoms. The Bertz CT molecular complexity index is 316. The van der Waals surface area contributed by atoms with Crippen LogP contribution in [-0.4, -0.2) is 24.6 Å². The fraction of sp³-hybridized carbons (Fsp3) is 0.500. The summed E-state index contributed by atoms with van der Waals surface area (Å²) >= 11 is 6.06. The Hall–Kier alpha value is -0.800. The smallest absolute Gasteiger partial charge is 0.0822 e. The third-order valence-electron chi connectivity index (χ3n) is 2.71. The average Bonchev–Trinajstić information content (AvgIpc) is 2.67. The Morgan fingerprint density at radius 2 is 2.50 bits per heavy atom. The Kier molecular flexibility index (Phi) is 2.89. The van der Waals surface area contributed by atoms with E-state index < -0.39 is 0 Å². The Balaban J connectivity index is 2.13. The van der Waals surface area contributed by atoms with Crippen LogP contribution in [0.5, 0.6) is 0 Å². The fourth-order valence-electron chi connectivity index (χ4n) is 1.87. The number of aromatic nitrogens is 1. The molecule has 0 amide bonds. The first-order chi connectivity index (χ1) is 6.81. The molecule has 4 heteroatoms. The van der Waals surface area contributed by atoms with Crippen molar-refractivity contribution in [3.05, 3.63) is 23.5 Å². The van der Waals surface area contributed by atoms with Crippen molar-refractivity contribution in [3.63, 3.8) is 0 Å². The van der Waals surface area contributed by atoms with Crippen molar-refractivity contribution in [3.8, 4) is 0 Å². The molecule has 0 radical (unpaired) electrons. The number of pyridine rings is 1. The second kappa shape index (κ2) is 4.15. The lowest BCUT2D eigenvalue weighted by Crippen LogP contribution is -2.22. The van der Waals surface area contributed by atoms with E-state index in [1.54, 1.807) is 12.4 Å². The highest BCUT2D eigenvalue weighted by Crippen LogP contribution is 2.28. The van der Waals surface area contributed by atoms with E-state index in [2.05, 4.69) is 9.88 Å². The van der Waals surface area contributed by atoms with Crippen molar-refractivity contribution in [2.45, 2.75) is 6.42 Å². The third-order valence-corrected chi connectivity index (χ3v) is 3.00. The molecular formula is C10H14ClN3. The molecule has 0 saturated carbocycles. The SMILES string of the molecule is NCC1CCN(c2ccncc2Cl)C1. The van der Waals surface area contributed by atoms with Crippen LogP contribution in [0.3, 0.4) is 0 Å². The van der Waals surface area contributed by atoms with E-state index in [0.29, 0.717) is 5.92 Å². The van der Waals surface area contributed by atoms with Crippen LogP contribution in [0.1, 0.15) is 6.42 Å². The van der Waals surface area contributed by atoms with Crippen molar-refractivity contribution in [1.82, 2.24) is 4.98 Å². The van der Waals surface area contributed by atoms with Crippen LogP contribution in [0.2, 0.25) is 5.02 Å². The quantitative estimate of drug-likeness (QED) is 0.807. The molecule has 1 aliphatic rings. The highest BCUT2D eigenvalue weighted by atomic mass is 35.5. The minimum atomic E-state index is 0.610. The summed E-state index contributed by atoms with van der Waals surface area (Å²) in [5, 5.41) is 0.727. The van der Waals surface area contributed by atoms with Crippen molar-refractivity contribution >= 4 is 17.3 Å². The summed E-state index contributed by atoms with van der Waals surface area (Å²) in [6.07, 6.45) is 4.62. The molecule has 1 aromatic rings. The Labute approximate surface area is 88.9 Å². The van der Waals surface area contributed by atoms with Gasteiger partial charge < -0.3 is 10.6 Å². The monoisotopic (exact) mass is 211 g/mol. The maximum Gasteiger partial charge on any atom is 0.0822 e. The molecule has 2 heterocycles. The van der Waals surface area contributed by atoms with Crippen LogP contribution < -0.4 is 10.6 Å². The van der Waals surface area contributed by atoms with Gasteiger partial charge in [-0.2, -0.15) is 0 Å². The minimum absolute atomic E-state index is 0.610. The molecule has 0 aliphatic carbocycles. The number of hydrogen-bond acceptors (Lipinski definition) is 3. The first-order valence-electron chi connectivity index (χ1n) is 4.86. The summed E-state index contributed by atoms with van der Waals surface area (Å²) in [6, 6.07) is 1.96. The molecule has 0 aromatic carbocycles. The maximum absolute atomic E-state index is 6.06. The van der Waals surface area contributed by atoms with Gasteiger partial charge in [-0.25, -0.2) is 0 Å². The highest BCUT2D eigenvalue weighted by Gasteiger charge is 2.22. The predicted octanol–water partition coefficient (Wildman–Crippen LogP) is 1.52. The zero-order valence-corrected chi connectivity index (χ0v) is 8.74. The molecule has 1 unspecified atom stereocenters. The number of halogens is 1. The molecular weight excluding hydrogens is 198 g/mol. The van der Waals surface area contributed by atoms with Gasteiger partial charge in [0.25, 0.3) is 0 Å². The summed E-state index contributed by atoms with van der Waals surface area (Å²) in [4.78, 5) is 6.25. The van der Waals surface area contributed by atoms with Gasteiger partial charge in [-0.05, 0) is 24.9 Å². The first-order valence-corrected chi connectivity index (χ1v) is 5.23. The van der Waals surface area contributed by atoms with Crippen LogP contribution >= 0.6 is 11.6 Å². The minimum Gasteiger partial charge on any atom is -0.370 e. The van der Waals surface area contributed by atoms with Crippen LogP contribution in [0.25, 0.3) is 0 Å². The first kappa shape index (κ1) is 9.74. The van der Waals surface area contributed by atoms with Crippen LogP contribution in [-0.2, 0) is 0 Å². The third kappa shape index (κ3) is 1.83. The summed E-state index contributed by atoms with van der Waals surface area (Å²) in [5.41, 5.74) is 6.72. The van der Waals surface area contributed by atoms with Gasteiger partial charge in [-0.3, -0.25) is 4.98 Å². The summed E-state index contributed by atoms with van der Waals surface area (Å²) < 4.78 is 0. The number of anilines is 1. The Morgan fingerprint density at radius 1 is 1.64 bits per heavy atom. The second-order valence-electron chi connectivity index (χ2n) is 3.66. The van der Waals surface area contributed by atoms with Gasteiger partial charge in [0.15, 0.2) is 0 Å². The molecule has 1 aliphatic heterocycles. The van der Waals surface area contributed by atoms with Crippen LogP contribution in [0.4, 0.5) is 5.69 Å². The van der Waals surface area contributed by atoms with E-state index in [4.69, 9.17) is 17.3 Å². The molecule has 1 atom stereocenters. The van der Waals surface area contributed by atoms with Crippen molar-refractivity contribution < 1.29 is 0 Å². The predicted molar refractivity (Wildman–Crippen MR) is 58.6 cm³/mol. The van der Waals surface area contributed by atoms with E-state index in [1.807, 2.05) is 6.07 Å². The van der Waals surface area contributed by atoms with Crippen molar-refractivity contribution in [2.75, 3.05) is 24.5 Å². The van der Waals surface area contributed by atoms with E-state index in [1.165, 1.54) is 0 Å². The van der Waals surface area contributed by atoms with Crippen LogP contribution in [0, 0.1) is 5.92 Å². The molecule has 0 bridgehead atoms. The summed E-state index contributed by atoms with van der Waals surface area (Å²) in [6.45, 7) is 2.82. The summed E-state index contributed by atoms with van der Waals surface area (Å²) in [5.74, 6) is 0.610. The molecule has 2 N–H and O–H groups in total. The van der Waals surface area contributed by atoms with Gasteiger partial charge >= 0.3 is 0 Å². The van der Waals surface area contributed by atoms with Crippen molar-refractivity contribution in [2.24, 2.45) is 11.7 Å². The van der Waals surface area contributed by atoms with E-state index in [0.717, 1.165) is 36.8 Å². The Morgan fingerprint density at radius 3 is 3.14 bits per heavy atom. The van der Waals surface area contributed by atoms with Gasteiger partial charge in [0.2, 0.25) is 0 Å². The average molecular weight is 212 g/mol. The number of nitrogens with two attached hydrogens (primary N) is 1. The zero-order chi connectivity index (χ0) is 9.97. The lowest BCUT2D eigenvalue weighted by Gasteiger charge is -2.19. The number of nitrogens with zero attached hydrogens (tertiary/aromatic N) is 2. The molecule has 0 spiro atoms. The molecule has 1 saturated heterocycles. The van der Waals surface area contributed by atoms with Gasteiger partial charge in [0, 0.05) is 25.5 Å². The standard InChI is InChI=1S/C10H14ClN3/c11-9-6-13-3-1-10(9)14-4-2-8(5-12)7-14/h1,3,6,8H,2,4-5,7,12H2. The van der Waals surface area contributed by atoms with Gasteiger partial charge in [0.1, 0.15) is 0 Å². The fourth-order valence-corrected chi connectivity index (χ4v) is 2.11. The van der Waals surface area contributed by atoms with E-state index in [-0.39, 0.29) is 0 Å². The molecule has 1 fully saturated rings. The van der Waals surface area contributed by atoms with Gasteiger partial charge in [0.05, 0.1) is 10.7 Å². The molecule has 3 nitrogen and oxygen atoms in total. The second-order valence-corrected chi connectivity index (χ2v) is 4.07.